The Hall–Kier alpha value is -2.77. The molecule has 0 aliphatic carbocycles. The summed E-state index contributed by atoms with van der Waals surface area (Å²) in [4.78, 5) is 22.6. The van der Waals surface area contributed by atoms with Crippen LogP contribution < -0.4 is 0 Å². The van der Waals surface area contributed by atoms with Gasteiger partial charge in [-0.2, -0.15) is 0 Å². The van der Waals surface area contributed by atoms with Crippen molar-refractivity contribution in [3.63, 3.8) is 0 Å². The van der Waals surface area contributed by atoms with Gasteiger partial charge in [0, 0.05) is 0 Å². The largest absolute Gasteiger partial charge is 0.481 e. The zero-order valence-electron chi connectivity index (χ0n) is 12.1. The first-order valence-electron chi connectivity index (χ1n) is 6.83. The van der Waals surface area contributed by atoms with Crippen molar-refractivity contribution in [2.75, 3.05) is 6.61 Å². The van der Waals surface area contributed by atoms with Gasteiger partial charge in [0.2, 0.25) is 0 Å². The topological polar surface area (TPSA) is 107 Å². The molecule has 0 aliphatic heterocycles. The van der Waals surface area contributed by atoms with Gasteiger partial charge in [-0.05, 0) is 34.5 Å². The number of ether oxygens (including phenoxy) is 1. The first kappa shape index (κ1) is 15.6. The van der Waals surface area contributed by atoms with Crippen molar-refractivity contribution in [2.45, 2.75) is 26.3 Å². The van der Waals surface area contributed by atoms with Gasteiger partial charge in [-0.3, -0.25) is 4.79 Å². The number of esters is 1. The van der Waals surface area contributed by atoms with E-state index >= 15 is 0 Å². The molecule has 1 heterocycles. The molecule has 8 nitrogen and oxygen atoms in total. The fraction of sp³-hybridized carbons (Fsp3) is 0.357. The summed E-state index contributed by atoms with van der Waals surface area (Å²) in [6.45, 7) is 2.58. The summed E-state index contributed by atoms with van der Waals surface area (Å²) in [5, 5.41) is 19.7. The van der Waals surface area contributed by atoms with E-state index in [1.54, 1.807) is 18.2 Å². The summed E-state index contributed by atoms with van der Waals surface area (Å²) in [7, 11) is 0. The molecule has 0 saturated carbocycles. The van der Waals surface area contributed by atoms with Crippen LogP contribution in [-0.4, -0.2) is 43.9 Å². The molecule has 0 bridgehead atoms. The Labute approximate surface area is 126 Å². The van der Waals surface area contributed by atoms with Crippen LogP contribution in [0.2, 0.25) is 0 Å². The van der Waals surface area contributed by atoms with E-state index in [1.165, 1.54) is 4.68 Å². The number of rotatable bonds is 7. The van der Waals surface area contributed by atoms with Gasteiger partial charge in [0.1, 0.15) is 6.42 Å². The number of carbonyl (C=O) groups is 2. The summed E-state index contributed by atoms with van der Waals surface area (Å²) in [6.07, 6.45) is 0.500. The Bertz CT molecular complexity index is 668. The summed E-state index contributed by atoms with van der Waals surface area (Å²) < 4.78 is 6.47. The average Bonchev–Trinajstić information content (AvgIpc) is 2.91. The van der Waals surface area contributed by atoms with E-state index in [0.29, 0.717) is 12.2 Å². The monoisotopic (exact) mass is 304 g/mol. The van der Waals surface area contributed by atoms with Crippen LogP contribution in [-0.2, 0) is 22.5 Å². The standard InChI is InChI=1S/C14H16N4O4/c1-2-6-22-14(21)11-5-3-4-10(7-11)9-18-12(8-13(19)20)15-16-17-18/h3-5,7H,2,6,8-9H2,1H3,(H,19,20). The third-order valence-electron chi connectivity index (χ3n) is 2.85. The van der Waals surface area contributed by atoms with E-state index < -0.39 is 5.97 Å². The van der Waals surface area contributed by atoms with Crippen LogP contribution in [0.15, 0.2) is 24.3 Å². The second-order valence-corrected chi connectivity index (χ2v) is 4.66. The molecular formula is C14H16N4O4. The molecule has 0 amide bonds. The van der Waals surface area contributed by atoms with Crippen LogP contribution in [0.1, 0.15) is 35.1 Å². The van der Waals surface area contributed by atoms with E-state index in [4.69, 9.17) is 9.84 Å². The van der Waals surface area contributed by atoms with Gasteiger partial charge >= 0.3 is 11.9 Å². The van der Waals surface area contributed by atoms with E-state index in [9.17, 15) is 9.59 Å². The van der Waals surface area contributed by atoms with Gasteiger partial charge < -0.3 is 9.84 Å². The lowest BCUT2D eigenvalue weighted by molar-refractivity contribution is -0.136. The van der Waals surface area contributed by atoms with Crippen LogP contribution in [0, 0.1) is 0 Å². The molecule has 0 radical (unpaired) electrons. The van der Waals surface area contributed by atoms with Gasteiger partial charge in [0.15, 0.2) is 5.82 Å². The number of hydrogen-bond donors (Lipinski definition) is 1. The predicted molar refractivity (Wildman–Crippen MR) is 75.3 cm³/mol. The van der Waals surface area contributed by atoms with E-state index in [2.05, 4.69) is 15.5 Å². The second-order valence-electron chi connectivity index (χ2n) is 4.66. The second kappa shape index (κ2) is 7.30. The summed E-state index contributed by atoms with van der Waals surface area (Å²) in [5.41, 5.74) is 1.23. The van der Waals surface area contributed by atoms with Crippen molar-refractivity contribution in [1.82, 2.24) is 20.2 Å². The van der Waals surface area contributed by atoms with Crippen molar-refractivity contribution < 1.29 is 19.4 Å². The van der Waals surface area contributed by atoms with Gasteiger partial charge in [0.25, 0.3) is 0 Å². The molecule has 116 valence electrons. The molecule has 0 fully saturated rings. The third-order valence-corrected chi connectivity index (χ3v) is 2.85. The summed E-state index contributed by atoms with van der Waals surface area (Å²) >= 11 is 0. The quantitative estimate of drug-likeness (QED) is 0.758. The lowest BCUT2D eigenvalue weighted by Crippen LogP contribution is -2.12. The highest BCUT2D eigenvalue weighted by atomic mass is 16.5. The number of aromatic nitrogens is 4. The molecule has 0 aliphatic rings. The Morgan fingerprint density at radius 2 is 2.18 bits per heavy atom. The Kier molecular flexibility index (Phi) is 5.18. The van der Waals surface area contributed by atoms with Crippen molar-refractivity contribution in [2.24, 2.45) is 0 Å². The minimum atomic E-state index is -1.01. The minimum Gasteiger partial charge on any atom is -0.481 e. The number of nitrogens with zero attached hydrogens (tertiary/aromatic N) is 4. The van der Waals surface area contributed by atoms with Crippen molar-refractivity contribution in [3.05, 3.63) is 41.2 Å². The number of tetrazole rings is 1. The molecule has 0 spiro atoms. The summed E-state index contributed by atoms with van der Waals surface area (Å²) in [6, 6.07) is 6.89. The number of carbonyl (C=O) groups excluding carboxylic acids is 1. The lowest BCUT2D eigenvalue weighted by Gasteiger charge is -2.06. The zero-order valence-corrected chi connectivity index (χ0v) is 12.1. The van der Waals surface area contributed by atoms with Gasteiger partial charge in [0.05, 0.1) is 18.7 Å². The molecule has 22 heavy (non-hydrogen) atoms. The highest BCUT2D eigenvalue weighted by molar-refractivity contribution is 5.89. The number of aliphatic carboxylic acids is 1. The third kappa shape index (κ3) is 4.11. The SMILES string of the molecule is CCCOC(=O)c1cccc(Cn2nnnc2CC(=O)O)c1. The maximum atomic E-state index is 11.8. The fourth-order valence-corrected chi connectivity index (χ4v) is 1.86. The first-order chi connectivity index (χ1) is 10.6. The van der Waals surface area contributed by atoms with E-state index in [-0.39, 0.29) is 24.8 Å². The maximum Gasteiger partial charge on any atom is 0.338 e. The van der Waals surface area contributed by atoms with E-state index in [0.717, 1.165) is 12.0 Å². The van der Waals surface area contributed by atoms with Crippen LogP contribution in [0.4, 0.5) is 0 Å². The Balaban J connectivity index is 2.12. The van der Waals surface area contributed by atoms with Crippen molar-refractivity contribution >= 4 is 11.9 Å². The highest BCUT2D eigenvalue weighted by Gasteiger charge is 2.12. The zero-order chi connectivity index (χ0) is 15.9. The fourth-order valence-electron chi connectivity index (χ4n) is 1.86. The molecule has 8 heteroatoms. The number of carboxylic acid groups (broad SMARTS) is 1. The number of benzene rings is 1. The van der Waals surface area contributed by atoms with E-state index in [1.807, 2.05) is 13.0 Å². The molecule has 1 aromatic heterocycles. The van der Waals surface area contributed by atoms with Crippen LogP contribution in [0.5, 0.6) is 0 Å². The van der Waals surface area contributed by atoms with Gasteiger partial charge in [-0.15, -0.1) is 5.10 Å². The van der Waals surface area contributed by atoms with Gasteiger partial charge in [-0.1, -0.05) is 19.1 Å². The predicted octanol–water partition coefficient (Wildman–Crippen LogP) is 0.915. The van der Waals surface area contributed by atoms with Crippen molar-refractivity contribution in [3.8, 4) is 0 Å². The molecule has 1 N–H and O–H groups in total. The van der Waals surface area contributed by atoms with Crippen molar-refractivity contribution in [1.29, 1.82) is 0 Å². The van der Waals surface area contributed by atoms with Crippen LogP contribution >= 0.6 is 0 Å². The van der Waals surface area contributed by atoms with Crippen LogP contribution in [0.25, 0.3) is 0 Å². The highest BCUT2D eigenvalue weighted by Crippen LogP contribution is 2.09. The molecule has 0 atom stereocenters. The minimum absolute atomic E-state index is 0.256. The molecule has 2 rings (SSSR count). The molecule has 0 saturated heterocycles. The number of carboxylic acids is 1. The number of hydrogen-bond acceptors (Lipinski definition) is 6. The maximum absolute atomic E-state index is 11.8. The Morgan fingerprint density at radius 3 is 2.91 bits per heavy atom. The smallest absolute Gasteiger partial charge is 0.338 e. The Morgan fingerprint density at radius 1 is 1.36 bits per heavy atom. The molecule has 0 unspecified atom stereocenters. The first-order valence-corrected chi connectivity index (χ1v) is 6.83. The molecule has 1 aromatic carbocycles. The molecule has 2 aromatic rings. The molecular weight excluding hydrogens is 288 g/mol. The van der Waals surface area contributed by atoms with Crippen LogP contribution in [0.3, 0.4) is 0 Å². The normalized spacial score (nSPS) is 10.4. The lowest BCUT2D eigenvalue weighted by atomic mass is 10.1. The van der Waals surface area contributed by atoms with Gasteiger partial charge in [-0.25, -0.2) is 9.48 Å². The average molecular weight is 304 g/mol. The summed E-state index contributed by atoms with van der Waals surface area (Å²) in [5.74, 6) is -1.13.